The monoisotopic (exact) mass is 302 g/mol. The number of benzene rings is 2. The van der Waals surface area contributed by atoms with Gasteiger partial charge in [0.05, 0.1) is 0 Å². The van der Waals surface area contributed by atoms with Crippen LogP contribution in [0.5, 0.6) is 0 Å². The van der Waals surface area contributed by atoms with Crippen molar-refractivity contribution in [3.8, 4) is 0 Å². The highest BCUT2D eigenvalue weighted by Gasteiger charge is 2.01. The van der Waals surface area contributed by atoms with Crippen molar-refractivity contribution in [1.29, 1.82) is 0 Å². The third kappa shape index (κ3) is 7.21. The van der Waals surface area contributed by atoms with Gasteiger partial charge in [0.15, 0.2) is 0 Å². The second kappa shape index (κ2) is 10.3. The molecule has 2 aromatic carbocycles. The van der Waals surface area contributed by atoms with Gasteiger partial charge in [-0.25, -0.2) is 4.31 Å². The molecule has 0 aliphatic rings. The molecule has 0 unspecified atom stereocenters. The van der Waals surface area contributed by atoms with Crippen LogP contribution in [0.25, 0.3) is 0 Å². The van der Waals surface area contributed by atoms with E-state index in [4.69, 9.17) is 5.73 Å². The summed E-state index contributed by atoms with van der Waals surface area (Å²) in [6.45, 7) is 4.98. The minimum Gasteiger partial charge on any atom is -0.399 e. The average Bonchev–Trinajstić information content (AvgIpc) is 2.52. The van der Waals surface area contributed by atoms with Gasteiger partial charge >= 0.3 is 0 Å². The fourth-order valence-corrected chi connectivity index (χ4v) is 2.77. The maximum atomic E-state index is 5.68. The van der Waals surface area contributed by atoms with Gasteiger partial charge in [0.1, 0.15) is 0 Å². The Labute approximate surface area is 133 Å². The lowest BCUT2D eigenvalue weighted by molar-refractivity contribution is 0.564. The smallest absolute Gasteiger partial charge is 0.0337 e. The Balaban J connectivity index is 0.00000106. The van der Waals surface area contributed by atoms with Crippen LogP contribution in [0.1, 0.15) is 25.0 Å². The van der Waals surface area contributed by atoms with E-state index in [0.717, 1.165) is 24.4 Å². The van der Waals surface area contributed by atoms with Crippen LogP contribution < -0.4 is 5.73 Å². The van der Waals surface area contributed by atoms with Crippen LogP contribution in [0.4, 0.5) is 5.69 Å². The Bertz CT molecular complexity index is 482. The largest absolute Gasteiger partial charge is 0.399 e. The number of nitrogens with two attached hydrogens (primary N) is 1. The molecule has 0 aromatic heterocycles. The van der Waals surface area contributed by atoms with Crippen molar-refractivity contribution < 1.29 is 0 Å². The second-order valence-corrected chi connectivity index (χ2v) is 5.89. The van der Waals surface area contributed by atoms with E-state index < -0.39 is 0 Å². The Hall–Kier alpha value is -1.45. The predicted octanol–water partition coefficient (Wildman–Crippen LogP) is 4.62. The molecule has 2 aromatic rings. The molecule has 21 heavy (non-hydrogen) atoms. The van der Waals surface area contributed by atoms with Crippen molar-refractivity contribution in [3.05, 3.63) is 65.7 Å². The number of hydrogen-bond acceptors (Lipinski definition) is 3. The molecular formula is C18H26N2S. The van der Waals surface area contributed by atoms with Crippen LogP contribution >= 0.6 is 11.9 Å². The van der Waals surface area contributed by atoms with Gasteiger partial charge in [-0.3, -0.25) is 0 Å². The third-order valence-electron chi connectivity index (χ3n) is 2.93. The van der Waals surface area contributed by atoms with Gasteiger partial charge in [-0.15, -0.1) is 0 Å². The number of aryl methyl sites for hydroxylation is 1. The molecule has 0 aliphatic carbocycles. The van der Waals surface area contributed by atoms with E-state index in [0.29, 0.717) is 0 Å². The van der Waals surface area contributed by atoms with E-state index in [1.165, 1.54) is 11.1 Å². The van der Waals surface area contributed by atoms with Crippen molar-refractivity contribution in [1.82, 2.24) is 4.31 Å². The summed E-state index contributed by atoms with van der Waals surface area (Å²) < 4.78 is 2.28. The quantitative estimate of drug-likeness (QED) is 0.624. The van der Waals surface area contributed by atoms with Crippen molar-refractivity contribution in [2.24, 2.45) is 0 Å². The number of rotatable bonds is 6. The highest BCUT2D eigenvalue weighted by molar-refractivity contribution is 7.96. The van der Waals surface area contributed by atoms with E-state index in [2.05, 4.69) is 53.8 Å². The minimum absolute atomic E-state index is 0.831. The summed E-state index contributed by atoms with van der Waals surface area (Å²) in [4.78, 5) is 0. The highest BCUT2D eigenvalue weighted by Crippen LogP contribution is 2.15. The first-order valence-corrected chi connectivity index (χ1v) is 8.41. The summed E-state index contributed by atoms with van der Waals surface area (Å²) >= 11 is 1.87. The summed E-state index contributed by atoms with van der Waals surface area (Å²) in [5, 5.41) is 0. The number of anilines is 1. The number of nitrogens with zero attached hydrogens (tertiary/aromatic N) is 1. The average molecular weight is 302 g/mol. The molecular weight excluding hydrogens is 276 g/mol. The fourth-order valence-electron chi connectivity index (χ4n) is 1.89. The molecule has 3 heteroatoms. The third-order valence-corrected chi connectivity index (χ3v) is 3.89. The van der Waals surface area contributed by atoms with Crippen LogP contribution in [-0.4, -0.2) is 17.1 Å². The summed E-state index contributed by atoms with van der Waals surface area (Å²) in [6, 6.07) is 18.7. The van der Waals surface area contributed by atoms with Crippen molar-refractivity contribution in [2.45, 2.75) is 26.8 Å². The summed E-state index contributed by atoms with van der Waals surface area (Å²) in [6.07, 6.45) is 1.07. The Morgan fingerprint density at radius 1 is 0.905 bits per heavy atom. The first-order chi connectivity index (χ1) is 10.2. The lowest BCUT2D eigenvalue weighted by Gasteiger charge is -2.15. The molecule has 2 N–H and O–H groups in total. The second-order valence-electron chi connectivity index (χ2n) is 4.60. The van der Waals surface area contributed by atoms with Crippen LogP contribution in [-0.2, 0) is 13.0 Å². The maximum absolute atomic E-state index is 5.68. The number of nitrogen functional groups attached to an aromatic ring is 1. The highest BCUT2D eigenvalue weighted by atomic mass is 32.2. The first kappa shape index (κ1) is 17.6. The van der Waals surface area contributed by atoms with Gasteiger partial charge in [0, 0.05) is 18.0 Å². The zero-order chi connectivity index (χ0) is 15.5. The van der Waals surface area contributed by atoms with Crippen LogP contribution in [0, 0.1) is 0 Å². The zero-order valence-corrected chi connectivity index (χ0v) is 14.1. The van der Waals surface area contributed by atoms with Gasteiger partial charge in [-0.1, -0.05) is 68.3 Å². The van der Waals surface area contributed by atoms with E-state index in [9.17, 15) is 0 Å². The fraction of sp³-hybridized carbons (Fsp3) is 0.333. The zero-order valence-electron chi connectivity index (χ0n) is 13.3. The van der Waals surface area contributed by atoms with Gasteiger partial charge in [0.25, 0.3) is 0 Å². The Morgan fingerprint density at radius 2 is 1.52 bits per heavy atom. The summed E-state index contributed by atoms with van der Waals surface area (Å²) in [5.41, 5.74) is 9.20. The maximum Gasteiger partial charge on any atom is 0.0337 e. The first-order valence-electron chi connectivity index (χ1n) is 7.46. The SMILES string of the molecule is CC.CN(Cc1ccccc1)SCCc1ccc(N)cc1. The van der Waals surface area contributed by atoms with Crippen molar-refractivity contribution in [2.75, 3.05) is 18.5 Å². The molecule has 0 saturated carbocycles. The molecule has 0 bridgehead atoms. The predicted molar refractivity (Wildman–Crippen MR) is 96.3 cm³/mol. The normalized spacial score (nSPS) is 10.1. The molecule has 114 valence electrons. The van der Waals surface area contributed by atoms with Gasteiger partial charge < -0.3 is 5.73 Å². The number of hydrogen-bond donors (Lipinski definition) is 1. The van der Waals surface area contributed by atoms with E-state index in [1.54, 1.807) is 0 Å². The molecule has 0 amide bonds. The van der Waals surface area contributed by atoms with E-state index in [-0.39, 0.29) is 0 Å². The lowest BCUT2D eigenvalue weighted by atomic mass is 10.2. The van der Waals surface area contributed by atoms with Gasteiger partial charge in [0.2, 0.25) is 0 Å². The molecule has 0 radical (unpaired) electrons. The molecule has 2 nitrogen and oxygen atoms in total. The summed E-state index contributed by atoms with van der Waals surface area (Å²) in [7, 11) is 2.14. The minimum atomic E-state index is 0.831. The van der Waals surface area contributed by atoms with Crippen LogP contribution in [0.2, 0.25) is 0 Å². The molecule has 0 saturated heterocycles. The van der Waals surface area contributed by atoms with E-state index in [1.807, 2.05) is 37.9 Å². The summed E-state index contributed by atoms with van der Waals surface area (Å²) in [5.74, 6) is 1.09. The molecule has 0 aliphatic heterocycles. The van der Waals surface area contributed by atoms with Crippen molar-refractivity contribution in [3.63, 3.8) is 0 Å². The van der Waals surface area contributed by atoms with Gasteiger partial charge in [-0.2, -0.15) is 0 Å². The van der Waals surface area contributed by atoms with Crippen LogP contribution in [0.3, 0.4) is 0 Å². The van der Waals surface area contributed by atoms with Gasteiger partial charge in [-0.05, 0) is 36.7 Å². The molecule has 0 atom stereocenters. The van der Waals surface area contributed by atoms with E-state index >= 15 is 0 Å². The standard InChI is InChI=1S/C16H20N2S.C2H6/c1-18(13-15-5-3-2-4-6-15)19-12-11-14-7-9-16(17)10-8-14;1-2/h2-10H,11-13,17H2,1H3;1-2H3. The topological polar surface area (TPSA) is 29.3 Å². The Morgan fingerprint density at radius 3 is 2.14 bits per heavy atom. The molecule has 2 rings (SSSR count). The molecule has 0 spiro atoms. The lowest BCUT2D eigenvalue weighted by Crippen LogP contribution is -2.10. The molecule has 0 heterocycles. The van der Waals surface area contributed by atoms with Crippen molar-refractivity contribution >= 4 is 17.6 Å². The Kier molecular flexibility index (Phi) is 8.63. The van der Waals surface area contributed by atoms with Crippen LogP contribution in [0.15, 0.2) is 54.6 Å². The molecule has 0 fully saturated rings.